The lowest BCUT2D eigenvalue weighted by Crippen LogP contribution is -2.32. The molecule has 0 unspecified atom stereocenters. The summed E-state index contributed by atoms with van der Waals surface area (Å²) < 4.78 is 1.82. The molecule has 1 aliphatic heterocycles. The van der Waals surface area contributed by atoms with E-state index in [0.29, 0.717) is 11.6 Å². The van der Waals surface area contributed by atoms with Gasteiger partial charge in [0.2, 0.25) is 0 Å². The van der Waals surface area contributed by atoms with Crippen LogP contribution in [-0.2, 0) is 13.5 Å². The van der Waals surface area contributed by atoms with Crippen LogP contribution in [0.5, 0.6) is 0 Å². The van der Waals surface area contributed by atoms with E-state index >= 15 is 0 Å². The second kappa shape index (κ2) is 6.70. The molecule has 1 saturated heterocycles. The molecule has 6 nitrogen and oxygen atoms in total. The molecule has 130 valence electrons. The molecule has 0 spiro atoms. The summed E-state index contributed by atoms with van der Waals surface area (Å²) in [7, 11) is 1.89. The van der Waals surface area contributed by atoms with E-state index in [1.165, 1.54) is 5.56 Å². The first-order valence-electron chi connectivity index (χ1n) is 8.88. The molecule has 25 heavy (non-hydrogen) atoms. The fourth-order valence-electron chi connectivity index (χ4n) is 3.71. The predicted octanol–water partition coefficient (Wildman–Crippen LogP) is 2.78. The Morgan fingerprint density at radius 3 is 3.08 bits per heavy atom. The third kappa shape index (κ3) is 3.43. The number of nitrogens with one attached hydrogen (secondary N) is 1. The molecule has 1 amide bonds. The number of likely N-dealkylation sites (tertiary alicyclic amines) is 1. The first-order valence-corrected chi connectivity index (χ1v) is 8.88. The number of rotatable bonds is 3. The molecule has 1 aromatic carbocycles. The molecule has 2 aromatic heterocycles. The van der Waals surface area contributed by atoms with Gasteiger partial charge in [-0.2, -0.15) is 5.10 Å². The zero-order valence-corrected chi connectivity index (χ0v) is 14.5. The van der Waals surface area contributed by atoms with Crippen molar-refractivity contribution in [2.45, 2.75) is 25.7 Å². The Labute approximate surface area is 146 Å². The van der Waals surface area contributed by atoms with Crippen molar-refractivity contribution in [3.05, 3.63) is 48.2 Å². The maximum Gasteiger partial charge on any atom is 0.274 e. The van der Waals surface area contributed by atoms with Gasteiger partial charge in [-0.3, -0.25) is 9.89 Å². The van der Waals surface area contributed by atoms with Gasteiger partial charge in [0.1, 0.15) is 5.69 Å². The minimum atomic E-state index is 0.0565. The summed E-state index contributed by atoms with van der Waals surface area (Å²) in [5.74, 6) is 0.673. The smallest absolute Gasteiger partial charge is 0.274 e. The Balaban J connectivity index is 1.39. The summed E-state index contributed by atoms with van der Waals surface area (Å²) in [6.07, 6.45) is 9.67. The molecule has 4 rings (SSSR count). The largest absolute Gasteiger partial charge is 0.340 e. The van der Waals surface area contributed by atoms with E-state index in [1.54, 1.807) is 12.5 Å². The van der Waals surface area contributed by atoms with Crippen LogP contribution in [0.4, 0.5) is 0 Å². The van der Waals surface area contributed by atoms with Gasteiger partial charge in [0.25, 0.3) is 5.91 Å². The highest BCUT2D eigenvalue weighted by Gasteiger charge is 2.23. The van der Waals surface area contributed by atoms with Gasteiger partial charge in [-0.25, -0.2) is 4.98 Å². The number of carbonyl (C=O) groups excluding carboxylic acids is 1. The van der Waals surface area contributed by atoms with Crippen LogP contribution in [0.15, 0.2) is 36.9 Å². The number of hydrogen-bond acceptors (Lipinski definition) is 3. The van der Waals surface area contributed by atoms with Gasteiger partial charge in [0, 0.05) is 31.7 Å². The lowest BCUT2D eigenvalue weighted by Gasteiger charge is -2.19. The summed E-state index contributed by atoms with van der Waals surface area (Å²) >= 11 is 0. The Morgan fingerprint density at radius 2 is 2.24 bits per heavy atom. The van der Waals surface area contributed by atoms with Crippen LogP contribution < -0.4 is 0 Å². The molecule has 1 N–H and O–H groups in total. The standard InChI is InChI=1S/C19H23N5O/c1-23-12-18(20-13-23)19(25)24-7-2-3-14(6-8-24)9-15-4-5-17-16(10-15)11-21-22-17/h4-5,10-14H,2-3,6-9H2,1H3,(H,21,22)/t14-/m1/s1. The van der Waals surface area contributed by atoms with Gasteiger partial charge >= 0.3 is 0 Å². The van der Waals surface area contributed by atoms with Crippen molar-refractivity contribution >= 4 is 16.8 Å². The summed E-state index contributed by atoms with van der Waals surface area (Å²) in [6.45, 7) is 1.64. The first-order chi connectivity index (χ1) is 12.2. The van der Waals surface area contributed by atoms with E-state index in [9.17, 15) is 4.79 Å². The molecule has 0 aliphatic carbocycles. The normalized spacial score (nSPS) is 18.4. The number of nitrogens with zero attached hydrogens (tertiary/aromatic N) is 4. The van der Waals surface area contributed by atoms with E-state index < -0.39 is 0 Å². The summed E-state index contributed by atoms with van der Waals surface area (Å²) in [6, 6.07) is 6.51. The number of amides is 1. The minimum Gasteiger partial charge on any atom is -0.340 e. The number of aromatic nitrogens is 4. The van der Waals surface area contributed by atoms with Gasteiger partial charge in [-0.15, -0.1) is 0 Å². The fraction of sp³-hybridized carbons (Fsp3) is 0.421. The fourth-order valence-corrected chi connectivity index (χ4v) is 3.71. The van der Waals surface area contributed by atoms with Gasteiger partial charge in [-0.05, 0) is 49.3 Å². The lowest BCUT2D eigenvalue weighted by molar-refractivity contribution is 0.0754. The number of carbonyl (C=O) groups is 1. The highest BCUT2D eigenvalue weighted by atomic mass is 16.2. The lowest BCUT2D eigenvalue weighted by atomic mass is 9.92. The number of fused-ring (bicyclic) bond motifs is 1. The van der Waals surface area contributed by atoms with Crippen molar-refractivity contribution in [1.29, 1.82) is 0 Å². The summed E-state index contributed by atoms with van der Waals surface area (Å²) in [5.41, 5.74) is 2.98. The zero-order valence-electron chi connectivity index (χ0n) is 14.5. The molecular weight excluding hydrogens is 314 g/mol. The monoisotopic (exact) mass is 337 g/mol. The molecule has 1 atom stereocenters. The van der Waals surface area contributed by atoms with E-state index in [0.717, 1.165) is 49.7 Å². The van der Waals surface area contributed by atoms with Crippen LogP contribution in [0.3, 0.4) is 0 Å². The number of aromatic amines is 1. The van der Waals surface area contributed by atoms with E-state index in [1.807, 2.05) is 22.7 Å². The number of imidazole rings is 1. The van der Waals surface area contributed by atoms with E-state index in [-0.39, 0.29) is 5.91 Å². The van der Waals surface area contributed by atoms with Crippen molar-refractivity contribution < 1.29 is 4.79 Å². The first kappa shape index (κ1) is 15.9. The Kier molecular flexibility index (Phi) is 4.26. The molecule has 0 saturated carbocycles. The summed E-state index contributed by atoms with van der Waals surface area (Å²) in [5, 5.41) is 8.25. The third-order valence-corrected chi connectivity index (χ3v) is 5.09. The maximum absolute atomic E-state index is 12.6. The molecule has 3 aromatic rings. The van der Waals surface area contributed by atoms with Crippen LogP contribution in [0.1, 0.15) is 35.3 Å². The van der Waals surface area contributed by atoms with Gasteiger partial charge < -0.3 is 9.47 Å². The Hall–Kier alpha value is -2.63. The van der Waals surface area contributed by atoms with Crippen molar-refractivity contribution in [2.24, 2.45) is 13.0 Å². The quantitative estimate of drug-likeness (QED) is 0.799. The zero-order chi connectivity index (χ0) is 17.2. The van der Waals surface area contributed by atoms with Crippen molar-refractivity contribution in [3.8, 4) is 0 Å². The number of hydrogen-bond donors (Lipinski definition) is 1. The van der Waals surface area contributed by atoms with Crippen LogP contribution in [0, 0.1) is 5.92 Å². The summed E-state index contributed by atoms with van der Waals surface area (Å²) in [4.78, 5) is 18.7. The van der Waals surface area contributed by atoms with E-state index in [4.69, 9.17) is 0 Å². The topological polar surface area (TPSA) is 66.8 Å². The predicted molar refractivity (Wildman–Crippen MR) is 96.3 cm³/mol. The van der Waals surface area contributed by atoms with Crippen LogP contribution in [0.2, 0.25) is 0 Å². The van der Waals surface area contributed by atoms with Crippen LogP contribution >= 0.6 is 0 Å². The molecule has 1 aliphatic rings. The third-order valence-electron chi connectivity index (χ3n) is 5.09. The van der Waals surface area contributed by atoms with Crippen LogP contribution in [-0.4, -0.2) is 43.6 Å². The number of aryl methyl sites for hydroxylation is 1. The Bertz CT molecular complexity index is 881. The van der Waals surface area contributed by atoms with Crippen molar-refractivity contribution in [3.63, 3.8) is 0 Å². The molecule has 1 fully saturated rings. The molecule has 6 heteroatoms. The van der Waals surface area contributed by atoms with Gasteiger partial charge in [0.15, 0.2) is 0 Å². The highest BCUT2D eigenvalue weighted by molar-refractivity contribution is 5.92. The second-order valence-electron chi connectivity index (χ2n) is 7.01. The van der Waals surface area contributed by atoms with E-state index in [2.05, 4.69) is 33.4 Å². The van der Waals surface area contributed by atoms with Crippen molar-refractivity contribution in [1.82, 2.24) is 24.6 Å². The van der Waals surface area contributed by atoms with Gasteiger partial charge in [-0.1, -0.05) is 6.07 Å². The van der Waals surface area contributed by atoms with Crippen LogP contribution in [0.25, 0.3) is 10.9 Å². The molecular formula is C19H23N5O. The minimum absolute atomic E-state index is 0.0565. The van der Waals surface area contributed by atoms with Gasteiger partial charge in [0.05, 0.1) is 18.0 Å². The second-order valence-corrected chi connectivity index (χ2v) is 7.01. The molecule has 3 heterocycles. The molecule has 0 bridgehead atoms. The SMILES string of the molecule is Cn1cnc(C(=O)N2CCC[C@@H](Cc3ccc4[nH]ncc4c3)CC2)c1. The number of benzene rings is 1. The molecule has 0 radical (unpaired) electrons. The number of H-pyrrole nitrogens is 1. The average Bonchev–Trinajstić information content (AvgIpc) is 3.18. The average molecular weight is 337 g/mol. The Morgan fingerprint density at radius 1 is 1.32 bits per heavy atom. The maximum atomic E-state index is 12.6. The highest BCUT2D eigenvalue weighted by Crippen LogP contribution is 2.24. The van der Waals surface area contributed by atoms with Crippen molar-refractivity contribution in [2.75, 3.05) is 13.1 Å².